The van der Waals surface area contributed by atoms with Crippen molar-refractivity contribution in [1.82, 2.24) is 9.97 Å². The Balaban J connectivity index is 1.77. The normalized spacial score (nSPS) is 10.7. The lowest BCUT2D eigenvalue weighted by Gasteiger charge is -2.09. The monoisotopic (exact) mass is 384 g/mol. The van der Waals surface area contributed by atoms with Gasteiger partial charge in [0, 0.05) is 22.5 Å². The fourth-order valence-electron chi connectivity index (χ4n) is 2.47. The van der Waals surface area contributed by atoms with E-state index >= 15 is 0 Å². The van der Waals surface area contributed by atoms with Crippen molar-refractivity contribution in [1.29, 1.82) is 0 Å². The molecule has 0 aliphatic heterocycles. The van der Waals surface area contributed by atoms with E-state index in [0.717, 1.165) is 40.6 Å². The van der Waals surface area contributed by atoms with Gasteiger partial charge in [0.2, 0.25) is 5.88 Å². The third kappa shape index (κ3) is 5.23. The van der Waals surface area contributed by atoms with E-state index in [0.29, 0.717) is 11.0 Å². The highest BCUT2D eigenvalue weighted by Crippen LogP contribution is 2.26. The first-order valence-corrected chi connectivity index (χ1v) is 10.0. The minimum atomic E-state index is 0.582. The van der Waals surface area contributed by atoms with Gasteiger partial charge in [-0.05, 0) is 48.2 Å². The van der Waals surface area contributed by atoms with Crippen LogP contribution in [0.25, 0.3) is 0 Å². The van der Waals surface area contributed by atoms with Crippen LogP contribution in [0.1, 0.15) is 30.7 Å². The lowest BCUT2D eigenvalue weighted by Crippen LogP contribution is -1.97. The van der Waals surface area contributed by atoms with Crippen LogP contribution in [-0.4, -0.2) is 9.97 Å². The van der Waals surface area contributed by atoms with Gasteiger partial charge in [0.25, 0.3) is 0 Å². The predicted molar refractivity (Wildman–Crippen MR) is 108 cm³/mol. The van der Waals surface area contributed by atoms with E-state index in [9.17, 15) is 0 Å². The van der Waals surface area contributed by atoms with Crippen molar-refractivity contribution in [2.24, 2.45) is 0 Å². The molecule has 134 valence electrons. The highest BCUT2D eigenvalue weighted by Gasteiger charge is 2.08. The molecule has 0 N–H and O–H groups in total. The molecule has 3 aromatic rings. The number of nitrogens with zero attached hydrogens (tertiary/aromatic N) is 2. The first-order valence-electron chi connectivity index (χ1n) is 8.68. The maximum absolute atomic E-state index is 6.05. The molecule has 2 aromatic carbocycles. The molecule has 0 saturated heterocycles. The number of rotatable bonds is 7. The number of aromatic nitrogens is 2. The van der Waals surface area contributed by atoms with E-state index in [1.165, 1.54) is 5.56 Å². The van der Waals surface area contributed by atoms with Gasteiger partial charge < -0.3 is 4.74 Å². The van der Waals surface area contributed by atoms with Crippen molar-refractivity contribution in [2.45, 2.75) is 37.6 Å². The van der Waals surface area contributed by atoms with Crippen molar-refractivity contribution in [3.63, 3.8) is 0 Å². The maximum atomic E-state index is 6.05. The van der Waals surface area contributed by atoms with Gasteiger partial charge in [-0.25, -0.2) is 4.98 Å². The summed E-state index contributed by atoms with van der Waals surface area (Å²) in [4.78, 5) is 9.17. The summed E-state index contributed by atoms with van der Waals surface area (Å²) in [6.45, 7) is 4.21. The molecule has 26 heavy (non-hydrogen) atoms. The average molecular weight is 385 g/mol. The number of thioether (sulfide) groups is 1. The van der Waals surface area contributed by atoms with Crippen LogP contribution in [0.4, 0.5) is 0 Å². The summed E-state index contributed by atoms with van der Waals surface area (Å²) in [5, 5.41) is 1.46. The van der Waals surface area contributed by atoms with Crippen molar-refractivity contribution < 1.29 is 4.74 Å². The van der Waals surface area contributed by atoms with Crippen LogP contribution in [0, 0.1) is 0 Å². The highest BCUT2D eigenvalue weighted by molar-refractivity contribution is 7.98. The molecule has 0 bridgehead atoms. The minimum Gasteiger partial charge on any atom is -0.439 e. The minimum absolute atomic E-state index is 0.582. The molecule has 0 aliphatic rings. The van der Waals surface area contributed by atoms with Gasteiger partial charge in [-0.2, -0.15) is 4.98 Å². The molecule has 3 rings (SSSR count). The molecule has 1 aromatic heterocycles. The first kappa shape index (κ1) is 18.7. The van der Waals surface area contributed by atoms with Gasteiger partial charge in [0.05, 0.1) is 0 Å². The molecule has 0 amide bonds. The quantitative estimate of drug-likeness (QED) is 0.351. The van der Waals surface area contributed by atoms with Crippen LogP contribution in [0.15, 0.2) is 59.8 Å². The zero-order valence-corrected chi connectivity index (χ0v) is 16.5. The van der Waals surface area contributed by atoms with E-state index < -0.39 is 0 Å². The molecule has 1 heterocycles. The molecule has 0 saturated carbocycles. The molecule has 0 radical (unpaired) electrons. The molecule has 5 heteroatoms. The summed E-state index contributed by atoms with van der Waals surface area (Å²) in [6.07, 6.45) is 1.81. The number of halogens is 1. The van der Waals surface area contributed by atoms with E-state index in [4.69, 9.17) is 16.3 Å². The molecule has 3 nitrogen and oxygen atoms in total. The summed E-state index contributed by atoms with van der Waals surface area (Å²) in [5.74, 6) is 2.15. The van der Waals surface area contributed by atoms with E-state index in [-0.39, 0.29) is 0 Å². The standard InChI is InChI=1S/C21H21ClN2OS/c1-3-15-7-6-10-19(12-15)25-20-13-18(4-2)23-21(24-20)26-14-16-8-5-9-17(22)11-16/h5-13H,3-4,14H2,1-2H3. The van der Waals surface area contributed by atoms with Gasteiger partial charge in [-0.1, -0.05) is 61.5 Å². The second-order valence-electron chi connectivity index (χ2n) is 5.86. The zero-order chi connectivity index (χ0) is 18.4. The van der Waals surface area contributed by atoms with E-state index in [1.807, 2.05) is 42.5 Å². The predicted octanol–water partition coefficient (Wildman–Crippen LogP) is 6.34. The van der Waals surface area contributed by atoms with Crippen molar-refractivity contribution in [3.8, 4) is 11.6 Å². The first-order chi connectivity index (χ1) is 12.7. The highest BCUT2D eigenvalue weighted by atomic mass is 35.5. The Morgan fingerprint density at radius 1 is 0.923 bits per heavy atom. The Morgan fingerprint density at radius 3 is 2.50 bits per heavy atom. The lowest BCUT2D eigenvalue weighted by molar-refractivity contribution is 0.453. The molecule has 0 aliphatic carbocycles. The van der Waals surface area contributed by atoms with Gasteiger partial charge in [-0.15, -0.1) is 0 Å². The Hall–Kier alpha value is -2.04. The lowest BCUT2D eigenvalue weighted by atomic mass is 10.2. The SMILES string of the molecule is CCc1cccc(Oc2cc(CC)nc(SCc3cccc(Cl)c3)n2)c1. The summed E-state index contributed by atoms with van der Waals surface area (Å²) in [6, 6.07) is 17.8. The van der Waals surface area contributed by atoms with Crippen molar-refractivity contribution in [2.75, 3.05) is 0 Å². The van der Waals surface area contributed by atoms with Gasteiger partial charge in [0.1, 0.15) is 5.75 Å². The molecule has 0 atom stereocenters. The number of hydrogen-bond acceptors (Lipinski definition) is 4. The fourth-order valence-corrected chi connectivity index (χ4v) is 3.50. The average Bonchev–Trinajstić information content (AvgIpc) is 2.66. The Labute approximate surface area is 163 Å². The second kappa shape index (κ2) is 9.06. The van der Waals surface area contributed by atoms with Gasteiger partial charge in [-0.3, -0.25) is 0 Å². The third-order valence-corrected chi connectivity index (χ3v) is 5.04. The third-order valence-electron chi connectivity index (χ3n) is 3.88. The van der Waals surface area contributed by atoms with Crippen molar-refractivity contribution >= 4 is 23.4 Å². The van der Waals surface area contributed by atoms with Crippen LogP contribution in [-0.2, 0) is 18.6 Å². The topological polar surface area (TPSA) is 35.0 Å². The smallest absolute Gasteiger partial charge is 0.223 e. The number of benzene rings is 2. The Bertz CT molecular complexity index is 885. The summed E-state index contributed by atoms with van der Waals surface area (Å²) in [5.41, 5.74) is 3.35. The molecular weight excluding hydrogens is 364 g/mol. The van der Waals surface area contributed by atoms with E-state index in [1.54, 1.807) is 11.8 Å². The van der Waals surface area contributed by atoms with Gasteiger partial charge >= 0.3 is 0 Å². The summed E-state index contributed by atoms with van der Waals surface area (Å²) < 4.78 is 5.99. The molecule has 0 spiro atoms. The fraction of sp³-hybridized carbons (Fsp3) is 0.238. The molecular formula is C21H21ClN2OS. The van der Waals surface area contributed by atoms with Crippen LogP contribution >= 0.6 is 23.4 Å². The van der Waals surface area contributed by atoms with Crippen LogP contribution in [0.5, 0.6) is 11.6 Å². The maximum Gasteiger partial charge on any atom is 0.223 e. The number of aryl methyl sites for hydroxylation is 2. The van der Waals surface area contributed by atoms with E-state index in [2.05, 4.69) is 35.9 Å². The van der Waals surface area contributed by atoms with Crippen LogP contribution in [0.2, 0.25) is 5.02 Å². The van der Waals surface area contributed by atoms with Crippen molar-refractivity contribution in [3.05, 3.63) is 76.4 Å². The van der Waals surface area contributed by atoms with Crippen LogP contribution < -0.4 is 4.74 Å². The van der Waals surface area contributed by atoms with Gasteiger partial charge in [0.15, 0.2) is 5.16 Å². The van der Waals surface area contributed by atoms with Crippen LogP contribution in [0.3, 0.4) is 0 Å². The molecule has 0 unspecified atom stereocenters. The number of hydrogen-bond donors (Lipinski definition) is 0. The summed E-state index contributed by atoms with van der Waals surface area (Å²) in [7, 11) is 0. The largest absolute Gasteiger partial charge is 0.439 e. The zero-order valence-electron chi connectivity index (χ0n) is 14.9. The Kier molecular flexibility index (Phi) is 6.53. The number of ether oxygens (including phenoxy) is 1. The summed E-state index contributed by atoms with van der Waals surface area (Å²) >= 11 is 7.64. The second-order valence-corrected chi connectivity index (χ2v) is 7.23. The molecule has 0 fully saturated rings. The Morgan fingerprint density at radius 2 is 1.73 bits per heavy atom.